The van der Waals surface area contributed by atoms with Crippen LogP contribution in [0.5, 0.6) is 0 Å². The van der Waals surface area contributed by atoms with Gasteiger partial charge in [-0.1, -0.05) is 20.8 Å². The lowest BCUT2D eigenvalue weighted by atomic mass is 9.72. The van der Waals surface area contributed by atoms with Crippen LogP contribution in [0.3, 0.4) is 0 Å². The zero-order valence-electron chi connectivity index (χ0n) is 8.11. The molecule has 0 aliphatic heterocycles. The third kappa shape index (κ3) is 2.82. The predicted molar refractivity (Wildman–Crippen MR) is 49.5 cm³/mol. The van der Waals surface area contributed by atoms with Gasteiger partial charge in [0.25, 0.3) is 0 Å². The van der Waals surface area contributed by atoms with Crippen LogP contribution < -0.4 is 5.73 Å². The average Bonchev–Trinajstić information content (AvgIpc) is 1.77. The Labute approximate surface area is 70.4 Å². The topological polar surface area (TPSA) is 26.0 Å². The van der Waals surface area contributed by atoms with Crippen molar-refractivity contribution in [1.29, 1.82) is 0 Å². The maximum absolute atomic E-state index is 6.11. The minimum Gasteiger partial charge on any atom is -0.325 e. The lowest BCUT2D eigenvalue weighted by molar-refractivity contribution is 0.196. The molecule has 0 atom stereocenters. The summed E-state index contributed by atoms with van der Waals surface area (Å²) in [5, 5.41) is 0. The third-order valence-electron chi connectivity index (χ3n) is 2.72. The highest BCUT2D eigenvalue weighted by Crippen LogP contribution is 2.36. The van der Waals surface area contributed by atoms with Gasteiger partial charge in [-0.15, -0.1) is 0 Å². The van der Waals surface area contributed by atoms with Crippen LogP contribution in [0.4, 0.5) is 0 Å². The fourth-order valence-electron chi connectivity index (χ4n) is 1.50. The molecule has 0 aromatic carbocycles. The van der Waals surface area contributed by atoms with E-state index in [0.29, 0.717) is 5.41 Å². The molecule has 0 saturated heterocycles. The van der Waals surface area contributed by atoms with Crippen LogP contribution in [0.25, 0.3) is 0 Å². The third-order valence-corrected chi connectivity index (χ3v) is 2.72. The molecule has 1 fully saturated rings. The van der Waals surface area contributed by atoms with Gasteiger partial charge in [0.1, 0.15) is 0 Å². The highest BCUT2D eigenvalue weighted by molar-refractivity contribution is 4.93. The van der Waals surface area contributed by atoms with Crippen molar-refractivity contribution < 1.29 is 0 Å². The summed E-state index contributed by atoms with van der Waals surface area (Å²) < 4.78 is 0. The van der Waals surface area contributed by atoms with E-state index in [9.17, 15) is 0 Å². The van der Waals surface area contributed by atoms with Crippen LogP contribution in [0, 0.1) is 5.41 Å². The van der Waals surface area contributed by atoms with Crippen molar-refractivity contribution in [2.24, 2.45) is 11.1 Å². The van der Waals surface area contributed by atoms with E-state index in [-0.39, 0.29) is 5.54 Å². The Morgan fingerprint density at radius 2 is 1.82 bits per heavy atom. The highest BCUT2D eigenvalue weighted by atomic mass is 14.8. The Bertz CT molecular complexity index is 128. The molecule has 1 heteroatoms. The fraction of sp³-hybridized carbons (Fsp3) is 1.00. The molecule has 0 spiro atoms. The molecule has 11 heavy (non-hydrogen) atoms. The predicted octanol–water partition coefficient (Wildman–Crippen LogP) is 2.69. The average molecular weight is 155 g/mol. The summed E-state index contributed by atoms with van der Waals surface area (Å²) in [5.74, 6) is 0. The monoisotopic (exact) mass is 155 g/mol. The molecule has 2 N–H and O–H groups in total. The Balaban J connectivity index is 2.21. The smallest absolute Gasteiger partial charge is 0.0154 e. The first-order valence-corrected chi connectivity index (χ1v) is 4.70. The van der Waals surface area contributed by atoms with E-state index in [0.717, 1.165) is 0 Å². The van der Waals surface area contributed by atoms with Crippen molar-refractivity contribution in [3.05, 3.63) is 0 Å². The Kier molecular flexibility index (Phi) is 2.29. The fourth-order valence-corrected chi connectivity index (χ4v) is 1.50. The van der Waals surface area contributed by atoms with Gasteiger partial charge in [-0.05, 0) is 37.5 Å². The molecule has 1 nitrogen and oxygen atoms in total. The molecule has 0 bridgehead atoms. The molecule has 0 unspecified atom stereocenters. The first-order valence-electron chi connectivity index (χ1n) is 4.70. The summed E-state index contributed by atoms with van der Waals surface area (Å²) in [6.45, 7) is 6.86. The standard InChI is InChI=1S/C10H21N/c1-9(2,3)7-8-10(11)5-4-6-10/h4-8,11H2,1-3H3. The number of hydrogen-bond donors (Lipinski definition) is 1. The van der Waals surface area contributed by atoms with Crippen LogP contribution in [0.1, 0.15) is 52.9 Å². The Hall–Kier alpha value is -0.0400. The molecule has 0 amide bonds. The van der Waals surface area contributed by atoms with E-state index in [1.807, 2.05) is 0 Å². The van der Waals surface area contributed by atoms with E-state index in [1.165, 1.54) is 32.1 Å². The molecule has 1 saturated carbocycles. The lowest BCUT2D eigenvalue weighted by Crippen LogP contribution is -2.46. The van der Waals surface area contributed by atoms with Crippen LogP contribution in [-0.2, 0) is 0 Å². The largest absolute Gasteiger partial charge is 0.325 e. The normalized spacial score (nSPS) is 22.9. The quantitative estimate of drug-likeness (QED) is 0.652. The summed E-state index contributed by atoms with van der Waals surface area (Å²) in [5.41, 5.74) is 6.80. The van der Waals surface area contributed by atoms with Gasteiger partial charge >= 0.3 is 0 Å². The first kappa shape index (κ1) is 9.05. The summed E-state index contributed by atoms with van der Waals surface area (Å²) >= 11 is 0. The zero-order chi connectivity index (χ0) is 8.54. The molecule has 0 radical (unpaired) electrons. The van der Waals surface area contributed by atoms with Crippen molar-refractivity contribution in [3.63, 3.8) is 0 Å². The molecule has 66 valence electrons. The second-order valence-electron chi connectivity index (χ2n) is 5.28. The van der Waals surface area contributed by atoms with Crippen molar-refractivity contribution >= 4 is 0 Å². The molecule has 0 heterocycles. The highest BCUT2D eigenvalue weighted by Gasteiger charge is 2.32. The maximum Gasteiger partial charge on any atom is 0.0154 e. The van der Waals surface area contributed by atoms with Gasteiger partial charge in [0.2, 0.25) is 0 Å². The molecule has 0 aromatic heterocycles. The summed E-state index contributed by atoms with van der Waals surface area (Å²) in [4.78, 5) is 0. The minimum absolute atomic E-state index is 0.229. The number of nitrogens with two attached hydrogens (primary N) is 1. The van der Waals surface area contributed by atoms with Gasteiger partial charge in [-0.2, -0.15) is 0 Å². The van der Waals surface area contributed by atoms with Gasteiger partial charge < -0.3 is 5.73 Å². The van der Waals surface area contributed by atoms with Crippen LogP contribution >= 0.6 is 0 Å². The number of rotatable bonds is 2. The van der Waals surface area contributed by atoms with E-state index in [2.05, 4.69) is 20.8 Å². The number of hydrogen-bond acceptors (Lipinski definition) is 1. The molecular formula is C10H21N. The second kappa shape index (κ2) is 2.78. The van der Waals surface area contributed by atoms with Crippen molar-refractivity contribution in [3.8, 4) is 0 Å². The van der Waals surface area contributed by atoms with Crippen molar-refractivity contribution in [2.45, 2.75) is 58.4 Å². The lowest BCUT2D eigenvalue weighted by Gasteiger charge is -2.39. The van der Waals surface area contributed by atoms with E-state index >= 15 is 0 Å². The van der Waals surface area contributed by atoms with Gasteiger partial charge in [-0.3, -0.25) is 0 Å². The van der Waals surface area contributed by atoms with Crippen LogP contribution in [0.2, 0.25) is 0 Å². The van der Waals surface area contributed by atoms with Crippen LogP contribution in [0.15, 0.2) is 0 Å². The van der Waals surface area contributed by atoms with Crippen molar-refractivity contribution in [2.75, 3.05) is 0 Å². The molecule has 1 aliphatic rings. The minimum atomic E-state index is 0.229. The van der Waals surface area contributed by atoms with Crippen LogP contribution in [-0.4, -0.2) is 5.54 Å². The maximum atomic E-state index is 6.11. The van der Waals surface area contributed by atoms with Gasteiger partial charge in [0, 0.05) is 5.54 Å². The molecule has 1 rings (SSSR count). The van der Waals surface area contributed by atoms with E-state index < -0.39 is 0 Å². The van der Waals surface area contributed by atoms with Gasteiger partial charge in [-0.25, -0.2) is 0 Å². The van der Waals surface area contributed by atoms with Gasteiger partial charge in [0.05, 0.1) is 0 Å². The first-order chi connectivity index (χ1) is 4.91. The zero-order valence-corrected chi connectivity index (χ0v) is 8.11. The van der Waals surface area contributed by atoms with Crippen molar-refractivity contribution in [1.82, 2.24) is 0 Å². The second-order valence-corrected chi connectivity index (χ2v) is 5.28. The Morgan fingerprint density at radius 1 is 1.27 bits per heavy atom. The Morgan fingerprint density at radius 3 is 2.09 bits per heavy atom. The van der Waals surface area contributed by atoms with E-state index in [4.69, 9.17) is 5.73 Å². The molecule has 1 aliphatic carbocycles. The summed E-state index contributed by atoms with van der Waals surface area (Å²) in [6.07, 6.45) is 6.34. The SMILES string of the molecule is CC(C)(C)CCC1(N)CCC1. The van der Waals surface area contributed by atoms with Gasteiger partial charge in [0.15, 0.2) is 0 Å². The summed E-state index contributed by atoms with van der Waals surface area (Å²) in [7, 11) is 0. The molecular weight excluding hydrogens is 134 g/mol. The van der Waals surface area contributed by atoms with E-state index in [1.54, 1.807) is 0 Å². The molecule has 0 aromatic rings. The summed E-state index contributed by atoms with van der Waals surface area (Å²) in [6, 6.07) is 0.